The van der Waals surface area contributed by atoms with Crippen LogP contribution in [0.15, 0.2) is 12.1 Å². The van der Waals surface area contributed by atoms with Crippen LogP contribution in [0.3, 0.4) is 0 Å². The summed E-state index contributed by atoms with van der Waals surface area (Å²) in [5.41, 5.74) is 1.42. The Bertz CT molecular complexity index is 553. The van der Waals surface area contributed by atoms with Crippen molar-refractivity contribution in [2.75, 3.05) is 19.9 Å². The van der Waals surface area contributed by atoms with E-state index in [1.165, 1.54) is 0 Å². The fourth-order valence-electron chi connectivity index (χ4n) is 2.46. The number of piperidine rings is 1. The van der Waals surface area contributed by atoms with Crippen LogP contribution in [-0.4, -0.2) is 36.5 Å². The Morgan fingerprint density at radius 2 is 2.00 bits per heavy atom. The molecule has 0 radical (unpaired) electrons. The predicted molar refractivity (Wildman–Crippen MR) is 67.4 cm³/mol. The van der Waals surface area contributed by atoms with Crippen molar-refractivity contribution < 1.29 is 19.1 Å². The molecule has 100 valence electrons. The number of Topliss-reactive ketones (excluding diaryl/α,β-unsaturated/α-hetero) is 1. The molecule has 0 unspecified atom stereocenters. The van der Waals surface area contributed by atoms with Gasteiger partial charge in [-0.05, 0) is 31.0 Å². The maximum atomic E-state index is 12.4. The van der Waals surface area contributed by atoms with Crippen molar-refractivity contribution in [2.24, 2.45) is 0 Å². The fraction of sp³-hybridized carbons (Fsp3) is 0.429. The Hall–Kier alpha value is -2.04. The van der Waals surface area contributed by atoms with Gasteiger partial charge in [0, 0.05) is 18.5 Å². The first-order chi connectivity index (χ1) is 9.15. The molecule has 3 rings (SSSR count). The molecule has 19 heavy (non-hydrogen) atoms. The zero-order valence-electron chi connectivity index (χ0n) is 10.8. The molecule has 1 amide bonds. The number of ketones is 1. The average molecular weight is 261 g/mol. The molecule has 2 aliphatic heterocycles. The Morgan fingerprint density at radius 1 is 1.26 bits per heavy atom. The number of nitrogens with zero attached hydrogens (tertiary/aromatic N) is 1. The molecule has 0 bridgehead atoms. The SMILES string of the molecule is Cc1cc2c(cc1C(=O)N1CCCC(=O)C1)OCO2. The molecule has 5 heteroatoms. The molecule has 0 aliphatic carbocycles. The lowest BCUT2D eigenvalue weighted by molar-refractivity contribution is -0.121. The monoisotopic (exact) mass is 261 g/mol. The van der Waals surface area contributed by atoms with Crippen LogP contribution in [0, 0.1) is 6.92 Å². The van der Waals surface area contributed by atoms with E-state index in [1.807, 2.05) is 6.92 Å². The Labute approximate surface area is 111 Å². The smallest absolute Gasteiger partial charge is 0.254 e. The average Bonchev–Trinajstić information content (AvgIpc) is 2.84. The minimum Gasteiger partial charge on any atom is -0.454 e. The molecule has 1 aromatic carbocycles. The third-order valence-electron chi connectivity index (χ3n) is 3.49. The number of carbonyl (C=O) groups is 2. The van der Waals surface area contributed by atoms with Crippen LogP contribution < -0.4 is 9.47 Å². The van der Waals surface area contributed by atoms with Crippen LogP contribution in [0.4, 0.5) is 0 Å². The number of fused-ring (bicyclic) bond motifs is 1. The number of hydrogen-bond acceptors (Lipinski definition) is 4. The summed E-state index contributed by atoms with van der Waals surface area (Å²) >= 11 is 0. The van der Waals surface area contributed by atoms with Gasteiger partial charge in [0.2, 0.25) is 6.79 Å². The molecule has 0 spiro atoms. The number of rotatable bonds is 1. The minimum absolute atomic E-state index is 0.108. The number of ether oxygens (including phenoxy) is 2. The van der Waals surface area contributed by atoms with Gasteiger partial charge >= 0.3 is 0 Å². The maximum Gasteiger partial charge on any atom is 0.254 e. The summed E-state index contributed by atoms with van der Waals surface area (Å²) in [6.07, 6.45) is 1.32. The van der Waals surface area contributed by atoms with Gasteiger partial charge in [0.05, 0.1) is 6.54 Å². The number of benzene rings is 1. The van der Waals surface area contributed by atoms with Crippen molar-refractivity contribution in [2.45, 2.75) is 19.8 Å². The van der Waals surface area contributed by atoms with Gasteiger partial charge in [-0.3, -0.25) is 9.59 Å². The zero-order chi connectivity index (χ0) is 13.4. The standard InChI is InChI=1S/C14H15NO4/c1-9-5-12-13(19-8-18-12)6-11(9)14(17)15-4-2-3-10(16)7-15/h5-6H,2-4,7-8H2,1H3. The summed E-state index contributed by atoms with van der Waals surface area (Å²) in [6.45, 7) is 2.90. The normalized spacial score (nSPS) is 17.7. The molecule has 0 aromatic heterocycles. The van der Waals surface area contributed by atoms with E-state index in [2.05, 4.69) is 0 Å². The second kappa shape index (κ2) is 4.57. The van der Waals surface area contributed by atoms with E-state index >= 15 is 0 Å². The second-order valence-electron chi connectivity index (χ2n) is 4.89. The van der Waals surface area contributed by atoms with Crippen LogP contribution in [-0.2, 0) is 4.79 Å². The molecule has 1 fully saturated rings. The lowest BCUT2D eigenvalue weighted by Gasteiger charge is -2.26. The highest BCUT2D eigenvalue weighted by molar-refractivity contribution is 5.99. The second-order valence-corrected chi connectivity index (χ2v) is 4.89. The van der Waals surface area contributed by atoms with Crippen molar-refractivity contribution in [3.8, 4) is 11.5 Å². The zero-order valence-corrected chi connectivity index (χ0v) is 10.8. The van der Waals surface area contributed by atoms with Crippen molar-refractivity contribution in [1.82, 2.24) is 4.90 Å². The molecule has 0 saturated carbocycles. The number of amides is 1. The van der Waals surface area contributed by atoms with Gasteiger partial charge in [-0.1, -0.05) is 0 Å². The Morgan fingerprint density at radius 3 is 2.74 bits per heavy atom. The Balaban J connectivity index is 1.89. The van der Waals surface area contributed by atoms with Crippen molar-refractivity contribution in [1.29, 1.82) is 0 Å². The van der Waals surface area contributed by atoms with Gasteiger partial charge in [-0.2, -0.15) is 0 Å². The van der Waals surface area contributed by atoms with Gasteiger partial charge < -0.3 is 14.4 Å². The predicted octanol–water partition coefficient (Wildman–Crippen LogP) is 1.53. The number of likely N-dealkylation sites (tertiary alicyclic amines) is 1. The van der Waals surface area contributed by atoms with Gasteiger partial charge in [-0.25, -0.2) is 0 Å². The van der Waals surface area contributed by atoms with E-state index < -0.39 is 0 Å². The number of hydrogen-bond donors (Lipinski definition) is 0. The van der Waals surface area contributed by atoms with Gasteiger partial charge in [0.15, 0.2) is 17.3 Å². The molecule has 0 atom stereocenters. The number of carbonyl (C=O) groups excluding carboxylic acids is 2. The maximum absolute atomic E-state index is 12.4. The van der Waals surface area contributed by atoms with Crippen LogP contribution in [0.25, 0.3) is 0 Å². The van der Waals surface area contributed by atoms with Crippen LogP contribution in [0.2, 0.25) is 0 Å². The summed E-state index contributed by atoms with van der Waals surface area (Å²) in [5.74, 6) is 1.28. The van der Waals surface area contributed by atoms with Crippen LogP contribution >= 0.6 is 0 Å². The largest absolute Gasteiger partial charge is 0.454 e. The molecule has 2 heterocycles. The van der Waals surface area contributed by atoms with Gasteiger partial charge in [0.1, 0.15) is 0 Å². The van der Waals surface area contributed by atoms with Crippen molar-refractivity contribution in [3.05, 3.63) is 23.3 Å². The first-order valence-electron chi connectivity index (χ1n) is 6.36. The van der Waals surface area contributed by atoms with Gasteiger partial charge in [-0.15, -0.1) is 0 Å². The highest BCUT2D eigenvalue weighted by Gasteiger charge is 2.26. The van der Waals surface area contributed by atoms with E-state index in [0.29, 0.717) is 30.0 Å². The lowest BCUT2D eigenvalue weighted by Crippen LogP contribution is -2.40. The Kier molecular flexibility index (Phi) is 2.89. The van der Waals surface area contributed by atoms with Crippen LogP contribution in [0.1, 0.15) is 28.8 Å². The van der Waals surface area contributed by atoms with Gasteiger partial charge in [0.25, 0.3) is 5.91 Å². The highest BCUT2D eigenvalue weighted by atomic mass is 16.7. The van der Waals surface area contributed by atoms with Crippen molar-refractivity contribution >= 4 is 11.7 Å². The summed E-state index contributed by atoms with van der Waals surface area (Å²) < 4.78 is 10.6. The van der Waals surface area contributed by atoms with E-state index in [9.17, 15) is 9.59 Å². The molecule has 1 aromatic rings. The van der Waals surface area contributed by atoms with E-state index in [0.717, 1.165) is 12.0 Å². The summed E-state index contributed by atoms with van der Waals surface area (Å²) in [5, 5.41) is 0. The molecular formula is C14H15NO4. The highest BCUT2D eigenvalue weighted by Crippen LogP contribution is 2.35. The lowest BCUT2D eigenvalue weighted by atomic mass is 10.0. The first-order valence-corrected chi connectivity index (χ1v) is 6.36. The first kappa shape index (κ1) is 12.0. The van der Waals surface area contributed by atoms with Crippen molar-refractivity contribution in [3.63, 3.8) is 0 Å². The van der Waals surface area contributed by atoms with E-state index in [4.69, 9.17) is 9.47 Å². The third-order valence-corrected chi connectivity index (χ3v) is 3.49. The summed E-state index contributed by atoms with van der Waals surface area (Å²) in [4.78, 5) is 25.5. The number of aryl methyl sites for hydroxylation is 1. The molecule has 5 nitrogen and oxygen atoms in total. The molecule has 1 saturated heterocycles. The summed E-state index contributed by atoms with van der Waals surface area (Å²) in [6, 6.07) is 3.51. The van der Waals surface area contributed by atoms with E-state index in [-0.39, 0.29) is 25.0 Å². The fourth-order valence-corrected chi connectivity index (χ4v) is 2.46. The molecule has 2 aliphatic rings. The van der Waals surface area contributed by atoms with Crippen LogP contribution in [0.5, 0.6) is 11.5 Å². The topological polar surface area (TPSA) is 55.8 Å². The third kappa shape index (κ3) is 2.16. The minimum atomic E-state index is -0.108. The summed E-state index contributed by atoms with van der Waals surface area (Å²) in [7, 11) is 0. The van der Waals surface area contributed by atoms with E-state index in [1.54, 1.807) is 17.0 Å². The quantitative estimate of drug-likeness (QED) is 0.769. The molecular weight excluding hydrogens is 246 g/mol. The molecule has 0 N–H and O–H groups in total.